The minimum atomic E-state index is 0.105. The van der Waals surface area contributed by atoms with Gasteiger partial charge in [0, 0.05) is 24.7 Å². The number of tetrazole rings is 1. The van der Waals surface area contributed by atoms with Crippen molar-refractivity contribution in [3.8, 4) is 5.69 Å². The second-order valence-electron chi connectivity index (χ2n) is 6.60. The molecule has 0 bridgehead atoms. The van der Waals surface area contributed by atoms with Crippen molar-refractivity contribution in [3.05, 3.63) is 36.2 Å². The number of carbonyl (C=O) groups is 1. The number of aromatic nitrogens is 4. The molecule has 3 heterocycles. The molecule has 1 aromatic heterocycles. The van der Waals surface area contributed by atoms with Gasteiger partial charge in [-0.25, -0.2) is 4.68 Å². The summed E-state index contributed by atoms with van der Waals surface area (Å²) in [5, 5.41) is 11.2. The van der Waals surface area contributed by atoms with Crippen molar-refractivity contribution in [1.82, 2.24) is 30.0 Å². The molecule has 0 spiro atoms. The van der Waals surface area contributed by atoms with E-state index in [0.717, 1.165) is 25.2 Å². The first-order valence-electron chi connectivity index (χ1n) is 8.68. The molecule has 0 saturated carbocycles. The van der Waals surface area contributed by atoms with Crippen LogP contribution >= 0.6 is 0 Å². The fourth-order valence-corrected chi connectivity index (χ4v) is 3.79. The molecule has 2 aliphatic heterocycles. The molecule has 2 aliphatic rings. The summed E-state index contributed by atoms with van der Waals surface area (Å²) in [6.45, 7) is 4.05. The van der Waals surface area contributed by atoms with E-state index in [2.05, 4.69) is 20.4 Å². The molecule has 0 N–H and O–H groups in total. The summed E-state index contributed by atoms with van der Waals surface area (Å²) in [7, 11) is 0. The summed E-state index contributed by atoms with van der Waals surface area (Å²) in [5.41, 5.74) is 1.50. The topological polar surface area (TPSA) is 67.2 Å². The lowest BCUT2D eigenvalue weighted by atomic mass is 10.0. The van der Waals surface area contributed by atoms with Crippen LogP contribution in [0, 0.1) is 0 Å². The van der Waals surface area contributed by atoms with Crippen LogP contribution < -0.4 is 0 Å². The van der Waals surface area contributed by atoms with Crippen LogP contribution in [0.3, 0.4) is 0 Å². The Labute approximate surface area is 141 Å². The van der Waals surface area contributed by atoms with E-state index in [0.29, 0.717) is 11.6 Å². The van der Waals surface area contributed by atoms with Crippen molar-refractivity contribution in [3.63, 3.8) is 0 Å². The Kier molecular flexibility index (Phi) is 4.25. The SMILES string of the molecule is O=C(c1cccc(-n2cnnn2)c1)N1CCC[C@H](N2CCCC2)C1. The molecular formula is C17H22N6O. The lowest BCUT2D eigenvalue weighted by Crippen LogP contribution is -2.49. The van der Waals surface area contributed by atoms with E-state index in [1.54, 1.807) is 4.68 Å². The Balaban J connectivity index is 1.49. The molecule has 7 heteroatoms. The monoisotopic (exact) mass is 326 g/mol. The molecular weight excluding hydrogens is 304 g/mol. The number of amides is 1. The first-order valence-corrected chi connectivity index (χ1v) is 8.68. The van der Waals surface area contributed by atoms with Gasteiger partial charge in [-0.05, 0) is 67.4 Å². The highest BCUT2D eigenvalue weighted by atomic mass is 16.2. The number of carbonyl (C=O) groups excluding carboxylic acids is 1. The first-order chi connectivity index (χ1) is 11.8. The highest BCUT2D eigenvalue weighted by Gasteiger charge is 2.29. The van der Waals surface area contributed by atoms with Gasteiger partial charge >= 0.3 is 0 Å². The van der Waals surface area contributed by atoms with Crippen molar-refractivity contribution in [1.29, 1.82) is 0 Å². The van der Waals surface area contributed by atoms with Crippen LogP contribution in [0.1, 0.15) is 36.0 Å². The van der Waals surface area contributed by atoms with Gasteiger partial charge in [0.15, 0.2) is 0 Å². The maximum atomic E-state index is 12.9. The third-order valence-corrected chi connectivity index (χ3v) is 5.05. The van der Waals surface area contributed by atoms with Crippen LogP contribution in [0.25, 0.3) is 5.69 Å². The van der Waals surface area contributed by atoms with Gasteiger partial charge in [-0.15, -0.1) is 5.10 Å². The van der Waals surface area contributed by atoms with Crippen molar-refractivity contribution >= 4 is 5.91 Å². The van der Waals surface area contributed by atoms with E-state index >= 15 is 0 Å². The van der Waals surface area contributed by atoms with Gasteiger partial charge in [0.1, 0.15) is 6.33 Å². The Hall–Kier alpha value is -2.28. The largest absolute Gasteiger partial charge is 0.337 e. The quantitative estimate of drug-likeness (QED) is 0.852. The van der Waals surface area contributed by atoms with E-state index in [-0.39, 0.29) is 5.91 Å². The Bertz CT molecular complexity index is 695. The molecule has 0 radical (unpaired) electrons. The minimum absolute atomic E-state index is 0.105. The van der Waals surface area contributed by atoms with Crippen LogP contribution in [-0.2, 0) is 0 Å². The molecule has 4 rings (SSSR count). The van der Waals surface area contributed by atoms with Gasteiger partial charge < -0.3 is 4.90 Å². The van der Waals surface area contributed by atoms with Gasteiger partial charge in [0.25, 0.3) is 5.91 Å². The highest BCUT2D eigenvalue weighted by molar-refractivity contribution is 5.94. The molecule has 0 unspecified atom stereocenters. The number of hydrogen-bond acceptors (Lipinski definition) is 5. The second-order valence-corrected chi connectivity index (χ2v) is 6.60. The molecule has 0 aliphatic carbocycles. The van der Waals surface area contributed by atoms with Crippen molar-refractivity contribution in [2.24, 2.45) is 0 Å². The standard InChI is InChI=1S/C17H22N6O/c24-17(14-5-3-6-15(11-14)23-13-18-19-20-23)22-10-4-7-16(12-22)21-8-1-2-9-21/h3,5-6,11,13,16H,1-2,4,7-10,12H2/t16-/m0/s1. The lowest BCUT2D eigenvalue weighted by Gasteiger charge is -2.37. The third-order valence-electron chi connectivity index (χ3n) is 5.05. The average Bonchev–Trinajstić information content (AvgIpc) is 3.35. The number of benzene rings is 1. The van der Waals surface area contributed by atoms with E-state index < -0.39 is 0 Å². The Morgan fingerprint density at radius 3 is 2.79 bits per heavy atom. The Morgan fingerprint density at radius 1 is 1.12 bits per heavy atom. The van der Waals surface area contributed by atoms with E-state index in [1.807, 2.05) is 29.2 Å². The van der Waals surface area contributed by atoms with E-state index in [1.165, 1.54) is 38.7 Å². The van der Waals surface area contributed by atoms with Crippen LogP contribution in [0.15, 0.2) is 30.6 Å². The summed E-state index contributed by atoms with van der Waals surface area (Å²) in [4.78, 5) is 17.5. The maximum Gasteiger partial charge on any atom is 0.253 e. The molecule has 1 amide bonds. The zero-order valence-electron chi connectivity index (χ0n) is 13.7. The number of likely N-dealkylation sites (tertiary alicyclic amines) is 2. The normalized spacial score (nSPS) is 22.0. The first kappa shape index (κ1) is 15.3. The second kappa shape index (κ2) is 6.68. The predicted octanol–water partition coefficient (Wildman–Crippen LogP) is 1.36. The van der Waals surface area contributed by atoms with Gasteiger partial charge in [0.05, 0.1) is 5.69 Å². The molecule has 1 aromatic carbocycles. The summed E-state index contributed by atoms with van der Waals surface area (Å²) < 4.78 is 1.57. The van der Waals surface area contributed by atoms with Gasteiger partial charge in [-0.2, -0.15) is 0 Å². The van der Waals surface area contributed by atoms with Gasteiger partial charge in [-0.3, -0.25) is 9.69 Å². The summed E-state index contributed by atoms with van der Waals surface area (Å²) >= 11 is 0. The number of rotatable bonds is 3. The van der Waals surface area contributed by atoms with Gasteiger partial charge in [-0.1, -0.05) is 6.07 Å². The molecule has 1 atom stereocenters. The van der Waals surface area contributed by atoms with Crippen molar-refractivity contribution in [2.75, 3.05) is 26.2 Å². The zero-order valence-corrected chi connectivity index (χ0v) is 13.7. The fourth-order valence-electron chi connectivity index (χ4n) is 3.79. The number of piperidine rings is 1. The van der Waals surface area contributed by atoms with Crippen LogP contribution in [0.4, 0.5) is 0 Å². The molecule has 24 heavy (non-hydrogen) atoms. The molecule has 126 valence electrons. The smallest absolute Gasteiger partial charge is 0.253 e. The van der Waals surface area contributed by atoms with Crippen LogP contribution in [0.5, 0.6) is 0 Å². The predicted molar refractivity (Wildman–Crippen MR) is 88.9 cm³/mol. The lowest BCUT2D eigenvalue weighted by molar-refractivity contribution is 0.0608. The molecule has 7 nitrogen and oxygen atoms in total. The number of hydrogen-bond donors (Lipinski definition) is 0. The number of nitrogens with zero attached hydrogens (tertiary/aromatic N) is 6. The van der Waals surface area contributed by atoms with E-state index in [9.17, 15) is 4.79 Å². The van der Waals surface area contributed by atoms with Crippen LogP contribution in [0.2, 0.25) is 0 Å². The summed E-state index contributed by atoms with van der Waals surface area (Å²) in [6.07, 6.45) is 6.40. The van der Waals surface area contributed by atoms with Crippen molar-refractivity contribution in [2.45, 2.75) is 31.7 Å². The molecule has 2 aromatic rings. The van der Waals surface area contributed by atoms with Gasteiger partial charge in [0.2, 0.25) is 0 Å². The fraction of sp³-hybridized carbons (Fsp3) is 0.529. The molecule has 2 fully saturated rings. The van der Waals surface area contributed by atoms with E-state index in [4.69, 9.17) is 0 Å². The highest BCUT2D eigenvalue weighted by Crippen LogP contribution is 2.22. The Morgan fingerprint density at radius 2 is 2.00 bits per heavy atom. The van der Waals surface area contributed by atoms with Crippen molar-refractivity contribution < 1.29 is 4.79 Å². The minimum Gasteiger partial charge on any atom is -0.337 e. The summed E-state index contributed by atoms with van der Waals surface area (Å²) in [5.74, 6) is 0.105. The maximum absolute atomic E-state index is 12.9. The van der Waals surface area contributed by atoms with Crippen LogP contribution in [-0.4, -0.2) is 68.1 Å². The zero-order chi connectivity index (χ0) is 16.4. The average molecular weight is 326 g/mol. The molecule has 2 saturated heterocycles. The summed E-state index contributed by atoms with van der Waals surface area (Å²) in [6, 6.07) is 8.03. The third kappa shape index (κ3) is 3.03.